The minimum Gasteiger partial charge on any atom is -0.346 e. The van der Waals surface area contributed by atoms with Crippen LogP contribution in [0.5, 0.6) is 0 Å². The molecule has 0 fully saturated rings. The summed E-state index contributed by atoms with van der Waals surface area (Å²) >= 11 is 0. The summed E-state index contributed by atoms with van der Waals surface area (Å²) in [4.78, 5) is 12.6. The zero-order valence-electron chi connectivity index (χ0n) is 15.6. The molecule has 6 heteroatoms. The summed E-state index contributed by atoms with van der Waals surface area (Å²) < 4.78 is 3.71. The molecule has 0 saturated heterocycles. The third kappa shape index (κ3) is 4.46. The van der Waals surface area contributed by atoms with Crippen LogP contribution < -0.4 is 5.32 Å². The van der Waals surface area contributed by atoms with E-state index in [0.29, 0.717) is 24.7 Å². The molecule has 1 N–H and O–H groups in total. The van der Waals surface area contributed by atoms with Crippen molar-refractivity contribution in [3.05, 3.63) is 34.9 Å². The average molecular weight is 331 g/mol. The lowest BCUT2D eigenvalue weighted by molar-refractivity contribution is 0.0925. The normalized spacial score (nSPS) is 12.6. The largest absolute Gasteiger partial charge is 0.346 e. The first-order valence-corrected chi connectivity index (χ1v) is 8.68. The third-order valence-electron chi connectivity index (χ3n) is 3.91. The van der Waals surface area contributed by atoms with Crippen LogP contribution in [0, 0.1) is 19.8 Å². The van der Waals surface area contributed by atoms with Gasteiger partial charge in [-0.3, -0.25) is 14.2 Å². The molecule has 0 saturated carbocycles. The molecule has 0 spiro atoms. The highest BCUT2D eigenvalue weighted by atomic mass is 16.2. The number of carbonyl (C=O) groups is 1. The van der Waals surface area contributed by atoms with Gasteiger partial charge in [0.1, 0.15) is 5.69 Å². The Morgan fingerprint density at radius 1 is 1.17 bits per heavy atom. The average Bonchev–Trinajstić information content (AvgIpc) is 3.01. The quantitative estimate of drug-likeness (QED) is 0.848. The standard InChI is InChI=1S/C18H29N5O/c1-7-22-17(10-16(21-22)8-12(2)3)18(24)19-14(5)11-23-15(6)9-13(4)20-23/h9-10,12,14H,7-8,11H2,1-6H3,(H,19,24). The number of hydrogen-bond acceptors (Lipinski definition) is 3. The van der Waals surface area contributed by atoms with Crippen molar-refractivity contribution in [2.45, 2.75) is 67.1 Å². The van der Waals surface area contributed by atoms with Gasteiger partial charge in [0.05, 0.1) is 17.9 Å². The van der Waals surface area contributed by atoms with Crippen LogP contribution in [0.25, 0.3) is 0 Å². The molecule has 24 heavy (non-hydrogen) atoms. The molecule has 0 aromatic carbocycles. The van der Waals surface area contributed by atoms with Crippen molar-refractivity contribution in [1.82, 2.24) is 24.9 Å². The Balaban J connectivity index is 2.05. The van der Waals surface area contributed by atoms with Crippen LogP contribution >= 0.6 is 0 Å². The summed E-state index contributed by atoms with van der Waals surface area (Å²) in [6, 6.07) is 3.94. The summed E-state index contributed by atoms with van der Waals surface area (Å²) in [5.41, 5.74) is 3.70. The predicted molar refractivity (Wildman–Crippen MR) is 95.1 cm³/mol. The van der Waals surface area contributed by atoms with Crippen molar-refractivity contribution in [3.63, 3.8) is 0 Å². The Kier molecular flexibility index (Phi) is 5.80. The first-order chi connectivity index (χ1) is 11.3. The fourth-order valence-electron chi connectivity index (χ4n) is 2.87. The van der Waals surface area contributed by atoms with Gasteiger partial charge in [0.15, 0.2) is 0 Å². The lowest BCUT2D eigenvalue weighted by Crippen LogP contribution is -2.37. The Morgan fingerprint density at radius 3 is 2.42 bits per heavy atom. The van der Waals surface area contributed by atoms with E-state index in [4.69, 9.17) is 0 Å². The topological polar surface area (TPSA) is 64.7 Å². The third-order valence-corrected chi connectivity index (χ3v) is 3.91. The highest BCUT2D eigenvalue weighted by Gasteiger charge is 2.17. The zero-order chi connectivity index (χ0) is 17.9. The van der Waals surface area contributed by atoms with Gasteiger partial charge in [-0.05, 0) is 52.2 Å². The van der Waals surface area contributed by atoms with Crippen LogP contribution in [0.15, 0.2) is 12.1 Å². The molecule has 0 aliphatic rings. The van der Waals surface area contributed by atoms with E-state index in [9.17, 15) is 4.79 Å². The van der Waals surface area contributed by atoms with E-state index in [1.165, 1.54) is 0 Å². The molecule has 0 aliphatic carbocycles. The van der Waals surface area contributed by atoms with Crippen LogP contribution in [0.4, 0.5) is 0 Å². The highest BCUT2D eigenvalue weighted by molar-refractivity contribution is 5.92. The molecular weight excluding hydrogens is 302 g/mol. The summed E-state index contributed by atoms with van der Waals surface area (Å²) in [7, 11) is 0. The number of aromatic nitrogens is 4. The van der Waals surface area contributed by atoms with Gasteiger partial charge < -0.3 is 5.32 Å². The Bertz CT molecular complexity index is 698. The lowest BCUT2D eigenvalue weighted by Gasteiger charge is -2.15. The van der Waals surface area contributed by atoms with Crippen LogP contribution in [-0.2, 0) is 19.5 Å². The summed E-state index contributed by atoms with van der Waals surface area (Å²) in [6.45, 7) is 13.7. The van der Waals surface area contributed by atoms with Crippen LogP contribution in [0.2, 0.25) is 0 Å². The molecule has 6 nitrogen and oxygen atoms in total. The maximum Gasteiger partial charge on any atom is 0.269 e. The van der Waals surface area contributed by atoms with Gasteiger partial charge in [-0.25, -0.2) is 0 Å². The fraction of sp³-hybridized carbons (Fsp3) is 0.611. The molecule has 2 rings (SSSR count). The van der Waals surface area contributed by atoms with Crippen molar-refractivity contribution in [2.75, 3.05) is 0 Å². The monoisotopic (exact) mass is 331 g/mol. The molecule has 2 aromatic rings. The van der Waals surface area contributed by atoms with E-state index in [1.54, 1.807) is 4.68 Å². The zero-order valence-corrected chi connectivity index (χ0v) is 15.6. The molecule has 0 aliphatic heterocycles. The number of carbonyl (C=O) groups excluding carboxylic acids is 1. The van der Waals surface area contributed by atoms with Gasteiger partial charge in [0, 0.05) is 18.3 Å². The van der Waals surface area contributed by atoms with Gasteiger partial charge in [0.2, 0.25) is 0 Å². The number of amides is 1. The van der Waals surface area contributed by atoms with E-state index in [0.717, 1.165) is 23.5 Å². The van der Waals surface area contributed by atoms with Gasteiger partial charge in [-0.15, -0.1) is 0 Å². The number of hydrogen-bond donors (Lipinski definition) is 1. The summed E-state index contributed by atoms with van der Waals surface area (Å²) in [6.07, 6.45) is 0.884. The van der Waals surface area contributed by atoms with Gasteiger partial charge in [-0.1, -0.05) is 13.8 Å². The van der Waals surface area contributed by atoms with E-state index < -0.39 is 0 Å². The number of nitrogens with one attached hydrogen (secondary N) is 1. The minimum atomic E-state index is -0.0756. The molecule has 0 radical (unpaired) electrons. The van der Waals surface area contributed by atoms with Gasteiger partial charge in [0.25, 0.3) is 5.91 Å². The number of rotatable bonds is 7. The highest BCUT2D eigenvalue weighted by Crippen LogP contribution is 2.11. The Hall–Kier alpha value is -2.11. The molecule has 0 bridgehead atoms. The second-order valence-electron chi connectivity index (χ2n) is 6.92. The lowest BCUT2D eigenvalue weighted by atomic mass is 10.1. The van der Waals surface area contributed by atoms with Crippen molar-refractivity contribution >= 4 is 5.91 Å². The molecule has 2 aromatic heterocycles. The first kappa shape index (κ1) is 18.2. The Morgan fingerprint density at radius 2 is 1.88 bits per heavy atom. The fourth-order valence-corrected chi connectivity index (χ4v) is 2.87. The van der Waals surface area contributed by atoms with Crippen molar-refractivity contribution < 1.29 is 4.79 Å². The predicted octanol–water partition coefficient (Wildman–Crippen LogP) is 2.73. The Labute approximate surface area is 144 Å². The second-order valence-corrected chi connectivity index (χ2v) is 6.92. The smallest absolute Gasteiger partial charge is 0.269 e. The van der Waals surface area contributed by atoms with E-state index in [1.807, 2.05) is 44.5 Å². The summed E-state index contributed by atoms with van der Waals surface area (Å²) in [5, 5.41) is 12.0. The second kappa shape index (κ2) is 7.64. The van der Waals surface area contributed by atoms with Gasteiger partial charge in [-0.2, -0.15) is 10.2 Å². The van der Waals surface area contributed by atoms with Gasteiger partial charge >= 0.3 is 0 Å². The molecular formula is C18H29N5O. The SMILES string of the molecule is CCn1nc(CC(C)C)cc1C(=O)NC(C)Cn1nc(C)cc1C. The summed E-state index contributed by atoms with van der Waals surface area (Å²) in [5.74, 6) is 0.444. The number of aryl methyl sites for hydroxylation is 3. The van der Waals surface area contributed by atoms with Crippen LogP contribution in [-0.4, -0.2) is 31.5 Å². The van der Waals surface area contributed by atoms with Crippen LogP contribution in [0.3, 0.4) is 0 Å². The maximum atomic E-state index is 12.6. The minimum absolute atomic E-state index is 0.00995. The van der Waals surface area contributed by atoms with E-state index in [2.05, 4.69) is 29.4 Å². The molecule has 1 unspecified atom stereocenters. The number of nitrogens with zero attached hydrogens (tertiary/aromatic N) is 4. The van der Waals surface area contributed by atoms with E-state index >= 15 is 0 Å². The first-order valence-electron chi connectivity index (χ1n) is 8.68. The van der Waals surface area contributed by atoms with E-state index in [-0.39, 0.29) is 11.9 Å². The molecule has 132 valence electrons. The molecule has 1 atom stereocenters. The van der Waals surface area contributed by atoms with Crippen molar-refractivity contribution in [2.24, 2.45) is 5.92 Å². The van der Waals surface area contributed by atoms with Crippen molar-refractivity contribution in [3.8, 4) is 0 Å². The molecule has 1 amide bonds. The maximum absolute atomic E-state index is 12.6. The molecule has 2 heterocycles. The van der Waals surface area contributed by atoms with Crippen molar-refractivity contribution in [1.29, 1.82) is 0 Å². The van der Waals surface area contributed by atoms with Crippen LogP contribution in [0.1, 0.15) is 55.3 Å².